The number of aryl methyl sites for hydroxylation is 2. The van der Waals surface area contributed by atoms with Gasteiger partial charge in [0.1, 0.15) is 12.3 Å². The molecule has 3 heterocycles. The Hall–Kier alpha value is -2.36. The summed E-state index contributed by atoms with van der Waals surface area (Å²) in [6.45, 7) is 2.91. The highest BCUT2D eigenvalue weighted by Gasteiger charge is 2.40. The minimum Gasteiger partial charge on any atom is -0.474 e. The fraction of sp³-hybridized carbons (Fsp3) is 0.600. The Labute approximate surface area is 129 Å². The van der Waals surface area contributed by atoms with Gasteiger partial charge in [-0.1, -0.05) is 0 Å². The molecule has 1 aromatic heterocycles. The van der Waals surface area contributed by atoms with Crippen LogP contribution in [0.2, 0.25) is 0 Å². The summed E-state index contributed by atoms with van der Waals surface area (Å²) in [6, 6.07) is 0. The van der Waals surface area contributed by atoms with Gasteiger partial charge in [0.2, 0.25) is 11.8 Å². The SMILES string of the molecule is C#CCCC1(CCC(=O)N2CCOc3c2c(C)nn3C)N=N1. The number of amides is 1. The lowest BCUT2D eigenvalue weighted by Crippen LogP contribution is -2.38. The summed E-state index contributed by atoms with van der Waals surface area (Å²) in [5.41, 5.74) is 1.16. The van der Waals surface area contributed by atoms with Crippen LogP contribution in [-0.2, 0) is 11.8 Å². The Bertz CT molecular complexity index is 664. The minimum atomic E-state index is -0.416. The molecule has 7 nitrogen and oxygen atoms in total. The summed E-state index contributed by atoms with van der Waals surface area (Å²) >= 11 is 0. The summed E-state index contributed by atoms with van der Waals surface area (Å²) in [6.07, 6.45) is 7.63. The molecule has 0 saturated carbocycles. The van der Waals surface area contributed by atoms with Gasteiger partial charge >= 0.3 is 0 Å². The monoisotopic (exact) mass is 301 g/mol. The van der Waals surface area contributed by atoms with E-state index in [0.29, 0.717) is 38.3 Å². The largest absolute Gasteiger partial charge is 0.474 e. The zero-order valence-corrected chi connectivity index (χ0v) is 12.9. The molecule has 116 valence electrons. The molecular formula is C15H19N5O2. The van der Waals surface area contributed by atoms with E-state index in [1.54, 1.807) is 9.58 Å². The number of ether oxygens (including phenoxy) is 1. The lowest BCUT2D eigenvalue weighted by Gasteiger charge is -2.28. The van der Waals surface area contributed by atoms with Crippen molar-refractivity contribution in [2.75, 3.05) is 18.1 Å². The van der Waals surface area contributed by atoms with Gasteiger partial charge in [0.15, 0.2) is 5.66 Å². The smallest absolute Gasteiger partial charge is 0.236 e. The molecule has 0 aliphatic carbocycles. The van der Waals surface area contributed by atoms with Gasteiger partial charge in [0.05, 0.1) is 12.2 Å². The van der Waals surface area contributed by atoms with Crippen molar-refractivity contribution in [2.45, 2.75) is 38.3 Å². The van der Waals surface area contributed by atoms with Crippen molar-refractivity contribution in [1.29, 1.82) is 0 Å². The Balaban J connectivity index is 1.66. The van der Waals surface area contributed by atoms with Crippen molar-refractivity contribution in [1.82, 2.24) is 9.78 Å². The van der Waals surface area contributed by atoms with Gasteiger partial charge in [-0.3, -0.25) is 4.79 Å². The maximum Gasteiger partial charge on any atom is 0.236 e. The van der Waals surface area contributed by atoms with Gasteiger partial charge < -0.3 is 9.64 Å². The highest BCUT2D eigenvalue weighted by molar-refractivity contribution is 5.95. The average molecular weight is 301 g/mol. The van der Waals surface area contributed by atoms with Crippen LogP contribution >= 0.6 is 0 Å². The molecule has 0 radical (unpaired) electrons. The molecule has 0 aromatic carbocycles. The summed E-state index contributed by atoms with van der Waals surface area (Å²) in [4.78, 5) is 14.3. The number of aromatic nitrogens is 2. The zero-order chi connectivity index (χ0) is 15.7. The molecule has 7 heteroatoms. The van der Waals surface area contributed by atoms with Crippen LogP contribution < -0.4 is 9.64 Å². The van der Waals surface area contributed by atoms with E-state index in [4.69, 9.17) is 11.2 Å². The van der Waals surface area contributed by atoms with Crippen LogP contribution in [0.1, 0.15) is 31.4 Å². The van der Waals surface area contributed by atoms with Crippen LogP contribution in [0.3, 0.4) is 0 Å². The van der Waals surface area contributed by atoms with E-state index >= 15 is 0 Å². The van der Waals surface area contributed by atoms with E-state index < -0.39 is 5.66 Å². The lowest BCUT2D eigenvalue weighted by atomic mass is 10.0. The summed E-state index contributed by atoms with van der Waals surface area (Å²) < 4.78 is 7.28. The van der Waals surface area contributed by atoms with Crippen molar-refractivity contribution < 1.29 is 9.53 Å². The van der Waals surface area contributed by atoms with Crippen LogP contribution in [0.5, 0.6) is 5.88 Å². The quantitative estimate of drug-likeness (QED) is 0.779. The number of carbonyl (C=O) groups excluding carboxylic acids is 1. The van der Waals surface area contributed by atoms with Gasteiger partial charge in [-0.15, -0.1) is 12.3 Å². The lowest BCUT2D eigenvalue weighted by molar-refractivity contribution is -0.119. The standard InChI is InChI=1S/C15H19N5O2/c1-4-5-7-15(17-18-15)8-6-12(21)20-9-10-22-14-13(20)11(2)16-19(14)3/h1H,5-10H2,2-3H3. The number of hydrogen-bond donors (Lipinski definition) is 0. The first-order chi connectivity index (χ1) is 10.6. The predicted octanol–water partition coefficient (Wildman–Crippen LogP) is 1.81. The second-order valence-corrected chi connectivity index (χ2v) is 5.64. The Morgan fingerprint density at radius 1 is 1.45 bits per heavy atom. The highest BCUT2D eigenvalue weighted by atomic mass is 16.5. The number of rotatable bonds is 5. The van der Waals surface area contributed by atoms with Gasteiger partial charge in [-0.25, -0.2) is 4.68 Å². The molecule has 0 spiro atoms. The van der Waals surface area contributed by atoms with E-state index in [1.807, 2.05) is 14.0 Å². The molecule has 0 fully saturated rings. The summed E-state index contributed by atoms with van der Waals surface area (Å²) in [5, 5.41) is 12.5. The van der Waals surface area contributed by atoms with Crippen molar-refractivity contribution in [3.63, 3.8) is 0 Å². The van der Waals surface area contributed by atoms with Gasteiger partial charge in [0, 0.05) is 32.7 Å². The van der Waals surface area contributed by atoms with Gasteiger partial charge in [-0.05, 0) is 6.92 Å². The zero-order valence-electron chi connectivity index (χ0n) is 12.9. The molecule has 3 rings (SSSR count). The maximum absolute atomic E-state index is 12.6. The molecule has 0 N–H and O–H groups in total. The molecule has 0 atom stereocenters. The third kappa shape index (κ3) is 2.56. The summed E-state index contributed by atoms with van der Waals surface area (Å²) in [5.74, 6) is 3.30. The Morgan fingerprint density at radius 2 is 2.23 bits per heavy atom. The molecule has 2 aliphatic rings. The third-order valence-corrected chi connectivity index (χ3v) is 4.06. The number of carbonyl (C=O) groups is 1. The summed E-state index contributed by atoms with van der Waals surface area (Å²) in [7, 11) is 1.82. The van der Waals surface area contributed by atoms with Crippen molar-refractivity contribution in [3.05, 3.63) is 5.69 Å². The first-order valence-electron chi connectivity index (χ1n) is 7.40. The molecule has 22 heavy (non-hydrogen) atoms. The van der Waals surface area contributed by atoms with E-state index in [0.717, 1.165) is 17.8 Å². The van der Waals surface area contributed by atoms with Crippen LogP contribution in [0.25, 0.3) is 0 Å². The van der Waals surface area contributed by atoms with Crippen LogP contribution in [0.15, 0.2) is 10.2 Å². The van der Waals surface area contributed by atoms with E-state index in [2.05, 4.69) is 21.2 Å². The number of hydrogen-bond acceptors (Lipinski definition) is 5. The topological polar surface area (TPSA) is 72.1 Å². The number of nitrogens with zero attached hydrogens (tertiary/aromatic N) is 5. The third-order valence-electron chi connectivity index (χ3n) is 4.06. The molecule has 1 aromatic rings. The molecule has 0 bridgehead atoms. The molecule has 0 unspecified atom stereocenters. The second kappa shape index (κ2) is 5.44. The van der Waals surface area contributed by atoms with E-state index in [9.17, 15) is 4.79 Å². The molecule has 2 aliphatic heterocycles. The Kier molecular flexibility index (Phi) is 3.61. The fourth-order valence-corrected chi connectivity index (χ4v) is 2.80. The van der Waals surface area contributed by atoms with Gasteiger partial charge in [-0.2, -0.15) is 15.3 Å². The van der Waals surface area contributed by atoms with Crippen molar-refractivity contribution in [3.8, 4) is 18.2 Å². The van der Waals surface area contributed by atoms with Gasteiger partial charge in [0.25, 0.3) is 0 Å². The van der Waals surface area contributed by atoms with E-state index in [1.165, 1.54) is 0 Å². The van der Waals surface area contributed by atoms with Crippen LogP contribution in [0.4, 0.5) is 5.69 Å². The average Bonchev–Trinajstić information content (AvgIpc) is 3.23. The molecule has 0 saturated heterocycles. The first-order valence-corrected chi connectivity index (χ1v) is 7.40. The number of fused-ring (bicyclic) bond motifs is 1. The Morgan fingerprint density at radius 3 is 2.91 bits per heavy atom. The minimum absolute atomic E-state index is 0.0537. The second-order valence-electron chi connectivity index (χ2n) is 5.64. The molecule has 1 amide bonds. The molecular weight excluding hydrogens is 282 g/mol. The van der Waals surface area contributed by atoms with E-state index in [-0.39, 0.29) is 5.91 Å². The number of terminal acetylenes is 1. The highest BCUT2D eigenvalue weighted by Crippen LogP contribution is 2.39. The van der Waals surface area contributed by atoms with Crippen LogP contribution in [-0.4, -0.2) is 34.5 Å². The number of anilines is 1. The maximum atomic E-state index is 12.6. The predicted molar refractivity (Wildman–Crippen MR) is 80.7 cm³/mol. The van der Waals surface area contributed by atoms with Crippen LogP contribution in [0, 0.1) is 19.3 Å². The first kappa shape index (κ1) is 14.6. The van der Waals surface area contributed by atoms with Crippen molar-refractivity contribution >= 4 is 11.6 Å². The fourth-order valence-electron chi connectivity index (χ4n) is 2.80. The van der Waals surface area contributed by atoms with Crippen molar-refractivity contribution in [2.24, 2.45) is 17.3 Å². The normalized spacial score (nSPS) is 17.6.